The van der Waals surface area contributed by atoms with Crippen molar-refractivity contribution in [2.45, 2.75) is 30.6 Å². The summed E-state index contributed by atoms with van der Waals surface area (Å²) in [5.41, 5.74) is 4.45. The highest BCUT2D eigenvalue weighted by Crippen LogP contribution is 2.23. The number of aliphatic imine (C=N–C) groups is 1. The first kappa shape index (κ1) is 27.5. The van der Waals surface area contributed by atoms with Crippen LogP contribution in [0.15, 0.2) is 82.7 Å². The van der Waals surface area contributed by atoms with Crippen molar-refractivity contribution in [3.8, 4) is 0 Å². The van der Waals surface area contributed by atoms with Gasteiger partial charge in [0.15, 0.2) is 0 Å². The highest BCUT2D eigenvalue weighted by atomic mass is 32.2. The van der Waals surface area contributed by atoms with Crippen LogP contribution in [0.1, 0.15) is 47.2 Å². The minimum absolute atomic E-state index is 0.132. The number of nitrogens with zero attached hydrogens (tertiary/aromatic N) is 4. The molecule has 1 fully saturated rings. The summed E-state index contributed by atoms with van der Waals surface area (Å²) in [6.07, 6.45) is 3.77. The van der Waals surface area contributed by atoms with E-state index in [4.69, 9.17) is 0 Å². The quantitative estimate of drug-likeness (QED) is 0.398. The molecule has 7 nitrogen and oxygen atoms in total. The average molecular weight is 533 g/mol. The summed E-state index contributed by atoms with van der Waals surface area (Å²) in [6.45, 7) is 1.02. The number of carbonyl (C=O) groups excluding carboxylic acids is 1. The molecule has 0 unspecified atom stereocenters. The number of hydrogen-bond acceptors (Lipinski definition) is 5. The SMILES string of the molecule is CN(C)c1ccc(C(=NC(=O)c2cccc(S(=O)(=O)N3CCCCCC3)c2)c2ccc(N(C)C)cc2)cc1. The Morgan fingerprint density at radius 1 is 0.711 bits per heavy atom. The standard InChI is InChI=1S/C30H36N4O3S/c1-32(2)26-16-12-23(13-17-26)29(24-14-18-27(19-15-24)33(3)4)31-30(35)25-10-9-11-28(22-25)38(36,37)34-20-7-5-6-8-21-34/h9-19,22H,5-8,20-21H2,1-4H3. The van der Waals surface area contributed by atoms with Crippen LogP contribution in [0.4, 0.5) is 11.4 Å². The molecule has 0 bridgehead atoms. The lowest BCUT2D eigenvalue weighted by Crippen LogP contribution is -2.32. The van der Waals surface area contributed by atoms with Crippen molar-refractivity contribution in [1.29, 1.82) is 0 Å². The highest BCUT2D eigenvalue weighted by molar-refractivity contribution is 7.89. The molecule has 3 aromatic carbocycles. The second-order valence-electron chi connectivity index (χ2n) is 9.99. The zero-order valence-corrected chi connectivity index (χ0v) is 23.4. The van der Waals surface area contributed by atoms with Gasteiger partial charge in [0.2, 0.25) is 10.0 Å². The molecule has 8 heteroatoms. The molecule has 3 aromatic rings. The van der Waals surface area contributed by atoms with Gasteiger partial charge in [-0.3, -0.25) is 4.79 Å². The van der Waals surface area contributed by atoms with Crippen LogP contribution in [0.5, 0.6) is 0 Å². The number of benzene rings is 3. The van der Waals surface area contributed by atoms with E-state index in [9.17, 15) is 13.2 Å². The number of rotatable bonds is 7. The maximum Gasteiger partial charge on any atom is 0.277 e. The summed E-state index contributed by atoms with van der Waals surface area (Å²) in [6, 6.07) is 22.0. The molecule has 0 atom stereocenters. The molecule has 1 amide bonds. The summed E-state index contributed by atoms with van der Waals surface area (Å²) in [7, 11) is 4.21. The first-order valence-electron chi connectivity index (χ1n) is 13.0. The van der Waals surface area contributed by atoms with Crippen molar-refractivity contribution in [2.75, 3.05) is 51.1 Å². The zero-order valence-electron chi connectivity index (χ0n) is 22.6. The monoisotopic (exact) mass is 532 g/mol. The Balaban J connectivity index is 1.71. The fourth-order valence-electron chi connectivity index (χ4n) is 4.52. The van der Waals surface area contributed by atoms with Crippen LogP contribution in [-0.4, -0.2) is 65.6 Å². The largest absolute Gasteiger partial charge is 0.378 e. The molecule has 1 saturated heterocycles. The molecular weight excluding hydrogens is 496 g/mol. The van der Waals surface area contributed by atoms with Crippen LogP contribution in [0.25, 0.3) is 0 Å². The second kappa shape index (κ2) is 11.9. The highest BCUT2D eigenvalue weighted by Gasteiger charge is 2.26. The molecule has 0 saturated carbocycles. The van der Waals surface area contributed by atoms with Gasteiger partial charge in [-0.25, -0.2) is 13.4 Å². The van der Waals surface area contributed by atoms with E-state index in [1.54, 1.807) is 18.2 Å². The van der Waals surface area contributed by atoms with Gasteiger partial charge < -0.3 is 9.80 Å². The van der Waals surface area contributed by atoms with Crippen LogP contribution in [0, 0.1) is 0 Å². The average Bonchev–Trinajstić information content (AvgIpc) is 3.22. The number of hydrogen-bond donors (Lipinski definition) is 0. The number of sulfonamides is 1. The fourth-order valence-corrected chi connectivity index (χ4v) is 6.08. The van der Waals surface area contributed by atoms with Crippen molar-refractivity contribution >= 4 is 33.0 Å². The van der Waals surface area contributed by atoms with Crippen LogP contribution in [-0.2, 0) is 10.0 Å². The number of anilines is 2. The topological polar surface area (TPSA) is 73.3 Å². The molecular formula is C30H36N4O3S. The summed E-state index contributed by atoms with van der Waals surface area (Å²) in [5, 5.41) is 0. The van der Waals surface area contributed by atoms with Crippen LogP contribution >= 0.6 is 0 Å². The smallest absolute Gasteiger partial charge is 0.277 e. The maximum atomic E-state index is 13.5. The Hall–Kier alpha value is -3.49. The Bertz CT molecular complexity index is 1330. The van der Waals surface area contributed by atoms with E-state index in [1.165, 1.54) is 10.4 Å². The van der Waals surface area contributed by atoms with Crippen LogP contribution in [0.3, 0.4) is 0 Å². The van der Waals surface area contributed by atoms with E-state index < -0.39 is 15.9 Å². The van der Waals surface area contributed by atoms with Crippen molar-refractivity contribution in [3.63, 3.8) is 0 Å². The first-order valence-corrected chi connectivity index (χ1v) is 14.4. The van der Waals surface area contributed by atoms with E-state index in [1.807, 2.05) is 86.5 Å². The molecule has 200 valence electrons. The Morgan fingerprint density at radius 3 is 1.68 bits per heavy atom. The minimum Gasteiger partial charge on any atom is -0.378 e. The number of amides is 1. The van der Waals surface area contributed by atoms with E-state index >= 15 is 0 Å². The van der Waals surface area contributed by atoms with Crippen molar-refractivity contribution in [2.24, 2.45) is 4.99 Å². The van der Waals surface area contributed by atoms with Gasteiger partial charge in [0.25, 0.3) is 5.91 Å². The molecule has 38 heavy (non-hydrogen) atoms. The minimum atomic E-state index is -3.68. The van der Waals surface area contributed by atoms with E-state index in [0.29, 0.717) is 18.8 Å². The Kier molecular flexibility index (Phi) is 8.64. The van der Waals surface area contributed by atoms with Crippen LogP contribution < -0.4 is 9.80 Å². The van der Waals surface area contributed by atoms with Gasteiger partial charge >= 0.3 is 0 Å². The third-order valence-corrected chi connectivity index (χ3v) is 8.71. The summed E-state index contributed by atoms with van der Waals surface area (Å²) in [4.78, 5) is 22.1. The second-order valence-corrected chi connectivity index (χ2v) is 11.9. The maximum absolute atomic E-state index is 13.5. The summed E-state index contributed by atoms with van der Waals surface area (Å²) < 4.78 is 28.2. The first-order chi connectivity index (χ1) is 18.2. The Labute approximate surface area is 226 Å². The zero-order chi connectivity index (χ0) is 27.3. The summed E-state index contributed by atoms with van der Waals surface area (Å²) in [5.74, 6) is -0.485. The molecule has 0 radical (unpaired) electrons. The van der Waals surface area contributed by atoms with E-state index in [-0.39, 0.29) is 10.5 Å². The molecule has 0 N–H and O–H groups in total. The third-order valence-electron chi connectivity index (χ3n) is 6.81. The lowest BCUT2D eigenvalue weighted by Gasteiger charge is -2.20. The van der Waals surface area contributed by atoms with Gasteiger partial charge in [-0.1, -0.05) is 43.2 Å². The lowest BCUT2D eigenvalue weighted by atomic mass is 10.0. The molecule has 1 heterocycles. The predicted octanol–water partition coefficient (Wildman–Crippen LogP) is 5.06. The normalized spacial score (nSPS) is 14.4. The fraction of sp³-hybridized carbons (Fsp3) is 0.333. The molecule has 4 rings (SSSR count). The third kappa shape index (κ3) is 6.31. The van der Waals surface area contributed by atoms with Crippen molar-refractivity contribution < 1.29 is 13.2 Å². The molecule has 0 aliphatic carbocycles. The van der Waals surface area contributed by atoms with Gasteiger partial charge in [0.05, 0.1) is 10.6 Å². The molecule has 0 spiro atoms. The van der Waals surface area contributed by atoms with Gasteiger partial charge in [-0.15, -0.1) is 0 Å². The van der Waals surface area contributed by atoms with Crippen molar-refractivity contribution in [3.05, 3.63) is 89.5 Å². The van der Waals surface area contributed by atoms with Gasteiger partial charge in [0.1, 0.15) is 0 Å². The number of carbonyl (C=O) groups is 1. The van der Waals surface area contributed by atoms with Gasteiger partial charge in [0, 0.05) is 69.3 Å². The van der Waals surface area contributed by atoms with Gasteiger partial charge in [-0.2, -0.15) is 4.31 Å². The van der Waals surface area contributed by atoms with E-state index in [0.717, 1.165) is 48.2 Å². The summed E-state index contributed by atoms with van der Waals surface area (Å²) >= 11 is 0. The predicted molar refractivity (Wildman–Crippen MR) is 155 cm³/mol. The molecule has 1 aliphatic rings. The van der Waals surface area contributed by atoms with Crippen molar-refractivity contribution in [1.82, 2.24) is 4.31 Å². The lowest BCUT2D eigenvalue weighted by molar-refractivity contribution is 0.100. The molecule has 1 aliphatic heterocycles. The van der Waals surface area contributed by atoms with Gasteiger partial charge in [-0.05, 0) is 55.3 Å². The Morgan fingerprint density at radius 2 is 1.21 bits per heavy atom. The van der Waals surface area contributed by atoms with Crippen LogP contribution in [0.2, 0.25) is 0 Å². The van der Waals surface area contributed by atoms with E-state index in [2.05, 4.69) is 4.99 Å². The molecule has 0 aromatic heterocycles.